The molecule has 2 atom stereocenters. The molecule has 0 aliphatic rings. The molecule has 150 valence electrons. The van der Waals surface area contributed by atoms with Crippen LogP contribution in [0, 0.1) is 12.8 Å². The number of nitrogens with zero attached hydrogens (tertiary/aromatic N) is 2. The molecule has 27 heavy (non-hydrogen) atoms. The number of halogens is 3. The summed E-state index contributed by atoms with van der Waals surface area (Å²) in [5, 5.41) is 4.76. The van der Waals surface area contributed by atoms with Crippen LogP contribution in [0.4, 0.5) is 13.2 Å². The van der Waals surface area contributed by atoms with E-state index in [0.717, 1.165) is 36.3 Å². The molecule has 0 radical (unpaired) electrons. The fraction of sp³-hybridized carbons (Fsp3) is 0.571. The second-order valence-electron chi connectivity index (χ2n) is 7.24. The minimum Gasteiger partial charge on any atom is -0.406 e. The van der Waals surface area contributed by atoms with E-state index in [9.17, 15) is 13.2 Å². The van der Waals surface area contributed by atoms with E-state index in [4.69, 9.17) is 5.10 Å². The van der Waals surface area contributed by atoms with Crippen molar-refractivity contribution < 1.29 is 17.9 Å². The Labute approximate surface area is 159 Å². The van der Waals surface area contributed by atoms with E-state index in [0.29, 0.717) is 11.8 Å². The molecule has 1 heterocycles. The van der Waals surface area contributed by atoms with Crippen molar-refractivity contribution in [2.45, 2.75) is 72.1 Å². The molecule has 0 aliphatic heterocycles. The van der Waals surface area contributed by atoms with Gasteiger partial charge in [0.25, 0.3) is 0 Å². The highest BCUT2D eigenvalue weighted by Crippen LogP contribution is 2.30. The first kappa shape index (κ1) is 21.3. The maximum absolute atomic E-state index is 12.3. The predicted molar refractivity (Wildman–Crippen MR) is 101 cm³/mol. The van der Waals surface area contributed by atoms with E-state index in [1.165, 1.54) is 25.0 Å². The first-order chi connectivity index (χ1) is 12.7. The molecule has 2 rings (SSSR count). The SMILES string of the molecule is CCCC(CCC(C)CC)c1cc(C)n(-c2ccc(OC(F)(F)F)cc2)n1. The molecule has 0 saturated carbocycles. The number of aromatic nitrogens is 2. The number of hydrogen-bond acceptors (Lipinski definition) is 2. The van der Waals surface area contributed by atoms with Gasteiger partial charge in [-0.2, -0.15) is 5.10 Å². The number of alkyl halides is 3. The van der Waals surface area contributed by atoms with Crippen LogP contribution in [0.5, 0.6) is 5.75 Å². The van der Waals surface area contributed by atoms with Gasteiger partial charge in [0.2, 0.25) is 0 Å². The quantitative estimate of drug-likeness (QED) is 0.477. The third-order valence-corrected chi connectivity index (χ3v) is 4.98. The first-order valence-electron chi connectivity index (χ1n) is 9.66. The Morgan fingerprint density at radius 2 is 1.74 bits per heavy atom. The molecule has 0 amide bonds. The van der Waals surface area contributed by atoms with E-state index in [1.54, 1.807) is 16.8 Å². The minimum atomic E-state index is -4.68. The molecule has 0 fully saturated rings. The molecule has 0 aliphatic carbocycles. The number of rotatable bonds is 9. The lowest BCUT2D eigenvalue weighted by Gasteiger charge is -2.16. The van der Waals surface area contributed by atoms with Gasteiger partial charge in [-0.1, -0.05) is 40.0 Å². The second kappa shape index (κ2) is 9.29. The van der Waals surface area contributed by atoms with Gasteiger partial charge in [0.05, 0.1) is 11.4 Å². The summed E-state index contributed by atoms with van der Waals surface area (Å²) >= 11 is 0. The van der Waals surface area contributed by atoms with Gasteiger partial charge in [-0.3, -0.25) is 0 Å². The Balaban J connectivity index is 2.18. The molecular formula is C21H29F3N2O. The highest BCUT2D eigenvalue weighted by molar-refractivity contribution is 5.38. The van der Waals surface area contributed by atoms with Crippen molar-refractivity contribution in [3.05, 3.63) is 41.7 Å². The fourth-order valence-electron chi connectivity index (χ4n) is 3.23. The molecule has 6 heteroatoms. The van der Waals surface area contributed by atoms with Crippen LogP contribution in [0.1, 0.15) is 70.2 Å². The summed E-state index contributed by atoms with van der Waals surface area (Å²) in [5.41, 5.74) is 2.76. The van der Waals surface area contributed by atoms with Crippen molar-refractivity contribution in [2.24, 2.45) is 5.92 Å². The van der Waals surface area contributed by atoms with E-state index in [1.807, 2.05) is 6.92 Å². The summed E-state index contributed by atoms with van der Waals surface area (Å²) < 4.78 is 42.7. The lowest BCUT2D eigenvalue weighted by Crippen LogP contribution is -2.17. The Morgan fingerprint density at radius 1 is 1.07 bits per heavy atom. The molecule has 2 unspecified atom stereocenters. The van der Waals surface area contributed by atoms with Gasteiger partial charge >= 0.3 is 6.36 Å². The van der Waals surface area contributed by atoms with Gasteiger partial charge in [-0.05, 0) is 56.0 Å². The Kier molecular flexibility index (Phi) is 7.33. The average molecular weight is 382 g/mol. The number of aryl methyl sites for hydroxylation is 1. The summed E-state index contributed by atoms with van der Waals surface area (Å²) in [6, 6.07) is 7.92. The number of hydrogen-bond donors (Lipinski definition) is 0. The van der Waals surface area contributed by atoms with Gasteiger partial charge < -0.3 is 4.74 Å². The molecule has 1 aromatic carbocycles. The van der Waals surface area contributed by atoms with Crippen molar-refractivity contribution in [3.8, 4) is 11.4 Å². The van der Waals surface area contributed by atoms with Gasteiger partial charge in [0.1, 0.15) is 5.75 Å². The Bertz CT molecular complexity index is 707. The fourth-order valence-corrected chi connectivity index (χ4v) is 3.23. The summed E-state index contributed by atoms with van der Waals surface area (Å²) in [4.78, 5) is 0. The summed E-state index contributed by atoms with van der Waals surface area (Å²) in [7, 11) is 0. The average Bonchev–Trinajstić information content (AvgIpc) is 2.99. The molecule has 0 N–H and O–H groups in total. The topological polar surface area (TPSA) is 27.1 Å². The monoisotopic (exact) mass is 382 g/mol. The van der Waals surface area contributed by atoms with E-state index in [2.05, 4.69) is 31.6 Å². The Morgan fingerprint density at radius 3 is 2.30 bits per heavy atom. The van der Waals surface area contributed by atoms with Crippen LogP contribution >= 0.6 is 0 Å². The highest BCUT2D eigenvalue weighted by Gasteiger charge is 2.31. The first-order valence-corrected chi connectivity index (χ1v) is 9.66. The molecular weight excluding hydrogens is 353 g/mol. The lowest BCUT2D eigenvalue weighted by atomic mass is 9.90. The van der Waals surface area contributed by atoms with Crippen LogP contribution in [0.2, 0.25) is 0 Å². The smallest absolute Gasteiger partial charge is 0.406 e. The van der Waals surface area contributed by atoms with E-state index in [-0.39, 0.29) is 5.75 Å². The summed E-state index contributed by atoms with van der Waals surface area (Å²) in [6.45, 7) is 8.63. The van der Waals surface area contributed by atoms with Crippen LogP contribution in [0.15, 0.2) is 30.3 Å². The zero-order valence-electron chi connectivity index (χ0n) is 16.5. The summed E-state index contributed by atoms with van der Waals surface area (Å²) in [6.07, 6.45) is 0.970. The number of ether oxygens (including phenoxy) is 1. The van der Waals surface area contributed by atoms with Gasteiger partial charge in [-0.25, -0.2) is 4.68 Å². The van der Waals surface area contributed by atoms with Crippen LogP contribution < -0.4 is 4.74 Å². The van der Waals surface area contributed by atoms with Gasteiger partial charge in [-0.15, -0.1) is 13.2 Å². The maximum Gasteiger partial charge on any atom is 0.573 e. The normalized spacial score (nSPS) is 14.2. The Hall–Kier alpha value is -1.98. The molecule has 0 bridgehead atoms. The van der Waals surface area contributed by atoms with Crippen molar-refractivity contribution in [1.82, 2.24) is 9.78 Å². The zero-order chi connectivity index (χ0) is 20.0. The zero-order valence-corrected chi connectivity index (χ0v) is 16.5. The van der Waals surface area contributed by atoms with Crippen molar-refractivity contribution in [3.63, 3.8) is 0 Å². The molecule has 0 saturated heterocycles. The summed E-state index contributed by atoms with van der Waals surface area (Å²) in [5.74, 6) is 0.888. The number of benzene rings is 1. The van der Waals surface area contributed by atoms with Crippen LogP contribution in [-0.2, 0) is 0 Å². The van der Waals surface area contributed by atoms with Crippen LogP contribution in [-0.4, -0.2) is 16.1 Å². The lowest BCUT2D eigenvalue weighted by molar-refractivity contribution is -0.274. The van der Waals surface area contributed by atoms with Gasteiger partial charge in [0.15, 0.2) is 0 Å². The van der Waals surface area contributed by atoms with Crippen LogP contribution in [0.25, 0.3) is 5.69 Å². The molecule has 0 spiro atoms. The molecule has 2 aromatic rings. The van der Waals surface area contributed by atoms with E-state index >= 15 is 0 Å². The maximum atomic E-state index is 12.3. The van der Waals surface area contributed by atoms with Crippen molar-refractivity contribution in [1.29, 1.82) is 0 Å². The van der Waals surface area contributed by atoms with Gasteiger partial charge in [0, 0.05) is 11.6 Å². The van der Waals surface area contributed by atoms with Crippen molar-refractivity contribution >= 4 is 0 Å². The third-order valence-electron chi connectivity index (χ3n) is 4.98. The standard InChI is InChI=1S/C21H29F3N2O/c1-5-7-17(9-8-15(3)6-2)20-14-16(4)26(25-20)18-10-12-19(13-11-18)27-21(22,23)24/h10-15,17H,5-9H2,1-4H3. The predicted octanol–water partition coefficient (Wildman–Crippen LogP) is 6.79. The highest BCUT2D eigenvalue weighted by atomic mass is 19.4. The minimum absolute atomic E-state index is 0.228. The molecule has 3 nitrogen and oxygen atoms in total. The van der Waals surface area contributed by atoms with Crippen LogP contribution in [0.3, 0.4) is 0 Å². The van der Waals surface area contributed by atoms with E-state index < -0.39 is 6.36 Å². The largest absolute Gasteiger partial charge is 0.573 e. The second-order valence-corrected chi connectivity index (χ2v) is 7.24. The van der Waals surface area contributed by atoms with Crippen molar-refractivity contribution in [2.75, 3.05) is 0 Å². The molecule has 1 aromatic heterocycles. The third kappa shape index (κ3) is 6.29.